The molecule has 2 aromatic carbocycles. The topological polar surface area (TPSA) is 108 Å². The van der Waals surface area contributed by atoms with Gasteiger partial charge in [-0.1, -0.05) is 30.3 Å². The van der Waals surface area contributed by atoms with Crippen LogP contribution < -0.4 is 16.0 Å². The molecule has 0 aromatic heterocycles. The van der Waals surface area contributed by atoms with Gasteiger partial charge in [-0.25, -0.2) is 4.79 Å². The van der Waals surface area contributed by atoms with Crippen LogP contribution in [0.2, 0.25) is 0 Å². The highest BCUT2D eigenvalue weighted by atomic mass is 16.4. The molecule has 2 aromatic rings. The Balaban J connectivity index is 2.02. The van der Waals surface area contributed by atoms with Crippen molar-refractivity contribution in [2.24, 2.45) is 0 Å². The van der Waals surface area contributed by atoms with Crippen molar-refractivity contribution in [2.75, 3.05) is 11.9 Å². The molecule has 3 amide bonds. The highest BCUT2D eigenvalue weighted by Gasteiger charge is 2.35. The van der Waals surface area contributed by atoms with E-state index in [4.69, 9.17) is 0 Å². The van der Waals surface area contributed by atoms with Crippen molar-refractivity contribution >= 4 is 23.6 Å². The van der Waals surface area contributed by atoms with Gasteiger partial charge in [0, 0.05) is 23.8 Å². The van der Waals surface area contributed by atoms with Crippen LogP contribution in [0.25, 0.3) is 0 Å². The van der Waals surface area contributed by atoms with E-state index in [-0.39, 0.29) is 24.5 Å². The summed E-state index contributed by atoms with van der Waals surface area (Å²) in [7, 11) is 0. The molecule has 0 radical (unpaired) electrons. The number of hydrogen-bond acceptors (Lipinski definition) is 3. The van der Waals surface area contributed by atoms with Crippen LogP contribution in [0.1, 0.15) is 36.7 Å². The maximum atomic E-state index is 12.4. The van der Waals surface area contributed by atoms with Crippen molar-refractivity contribution < 1.29 is 19.5 Å². The molecular formula is C21H25N3O4. The Bertz CT molecular complexity index is 834. The maximum absolute atomic E-state index is 12.4. The van der Waals surface area contributed by atoms with Crippen LogP contribution in [-0.2, 0) is 10.2 Å². The molecule has 7 heteroatoms. The molecule has 0 saturated carbocycles. The Morgan fingerprint density at radius 3 is 2.14 bits per heavy atom. The quantitative estimate of drug-likeness (QED) is 0.589. The first kappa shape index (κ1) is 21.0. The zero-order valence-corrected chi connectivity index (χ0v) is 16.2. The van der Waals surface area contributed by atoms with E-state index < -0.39 is 11.4 Å². The number of urea groups is 1. The summed E-state index contributed by atoms with van der Waals surface area (Å²) in [5, 5.41) is 17.7. The largest absolute Gasteiger partial charge is 0.481 e. The van der Waals surface area contributed by atoms with E-state index in [1.54, 1.807) is 61.5 Å². The molecule has 1 unspecified atom stereocenters. The molecule has 148 valence electrons. The number of nitrogens with one attached hydrogen (secondary N) is 3. The molecule has 0 bridgehead atoms. The van der Waals surface area contributed by atoms with Gasteiger partial charge in [-0.2, -0.15) is 0 Å². The van der Waals surface area contributed by atoms with Crippen molar-refractivity contribution in [1.29, 1.82) is 0 Å². The van der Waals surface area contributed by atoms with E-state index in [0.717, 1.165) is 0 Å². The predicted octanol–water partition coefficient (Wildman–Crippen LogP) is 2.99. The summed E-state index contributed by atoms with van der Waals surface area (Å²) in [6.07, 6.45) is 0. The van der Waals surface area contributed by atoms with E-state index in [1.807, 2.05) is 13.8 Å². The minimum atomic E-state index is -1.24. The Morgan fingerprint density at radius 1 is 1.00 bits per heavy atom. The summed E-state index contributed by atoms with van der Waals surface area (Å²) >= 11 is 0. The number of aliphatic carboxylic acids is 1. The maximum Gasteiger partial charge on any atom is 0.319 e. The lowest BCUT2D eigenvalue weighted by atomic mass is 9.82. The average Bonchev–Trinajstić information content (AvgIpc) is 2.66. The third-order valence-electron chi connectivity index (χ3n) is 4.31. The smallest absolute Gasteiger partial charge is 0.319 e. The lowest BCUT2D eigenvalue weighted by Crippen LogP contribution is -2.44. The molecule has 7 nitrogen and oxygen atoms in total. The van der Waals surface area contributed by atoms with Gasteiger partial charge in [-0.05, 0) is 50.6 Å². The lowest BCUT2D eigenvalue weighted by Gasteiger charge is -2.25. The van der Waals surface area contributed by atoms with Gasteiger partial charge in [0.05, 0.1) is 0 Å². The lowest BCUT2D eigenvalue weighted by molar-refractivity contribution is -0.142. The van der Waals surface area contributed by atoms with Crippen LogP contribution in [0.4, 0.5) is 10.5 Å². The van der Waals surface area contributed by atoms with E-state index in [1.165, 1.54) is 0 Å². The Labute approximate surface area is 164 Å². The van der Waals surface area contributed by atoms with Crippen LogP contribution in [0, 0.1) is 0 Å². The number of amides is 3. The van der Waals surface area contributed by atoms with Gasteiger partial charge in [0.1, 0.15) is 5.41 Å². The van der Waals surface area contributed by atoms with Gasteiger partial charge in [0.15, 0.2) is 0 Å². The second kappa shape index (κ2) is 9.03. The highest BCUT2D eigenvalue weighted by molar-refractivity contribution is 5.96. The zero-order valence-electron chi connectivity index (χ0n) is 16.2. The number of hydrogen-bond donors (Lipinski definition) is 4. The monoisotopic (exact) mass is 383 g/mol. The molecule has 28 heavy (non-hydrogen) atoms. The summed E-state index contributed by atoms with van der Waals surface area (Å²) in [6.45, 7) is 5.23. The fourth-order valence-electron chi connectivity index (χ4n) is 2.60. The van der Waals surface area contributed by atoms with Crippen LogP contribution in [0.5, 0.6) is 0 Å². The molecule has 4 N–H and O–H groups in total. The first-order chi connectivity index (χ1) is 13.2. The van der Waals surface area contributed by atoms with E-state index in [9.17, 15) is 19.5 Å². The fourth-order valence-corrected chi connectivity index (χ4v) is 2.60. The number of anilines is 1. The number of carbonyl (C=O) groups is 3. The van der Waals surface area contributed by atoms with Gasteiger partial charge < -0.3 is 21.1 Å². The van der Waals surface area contributed by atoms with Gasteiger partial charge in [0.25, 0.3) is 5.91 Å². The number of carbonyl (C=O) groups excluding carboxylic acids is 2. The molecular weight excluding hydrogens is 358 g/mol. The Kier molecular flexibility index (Phi) is 6.76. The van der Waals surface area contributed by atoms with Gasteiger partial charge in [0.2, 0.25) is 0 Å². The van der Waals surface area contributed by atoms with Crippen molar-refractivity contribution in [1.82, 2.24) is 10.6 Å². The van der Waals surface area contributed by atoms with Crippen molar-refractivity contribution in [2.45, 2.75) is 32.2 Å². The molecule has 0 aliphatic carbocycles. The number of rotatable bonds is 7. The predicted molar refractivity (Wildman–Crippen MR) is 107 cm³/mol. The molecule has 0 heterocycles. The summed E-state index contributed by atoms with van der Waals surface area (Å²) < 4.78 is 0. The molecule has 0 saturated heterocycles. The molecule has 0 fully saturated rings. The normalized spacial score (nSPS) is 12.7. The third kappa shape index (κ3) is 5.33. The molecule has 0 spiro atoms. The van der Waals surface area contributed by atoms with E-state index in [0.29, 0.717) is 16.8 Å². The van der Waals surface area contributed by atoms with E-state index in [2.05, 4.69) is 16.0 Å². The third-order valence-corrected chi connectivity index (χ3v) is 4.31. The molecule has 1 atom stereocenters. The van der Waals surface area contributed by atoms with Crippen molar-refractivity contribution in [3.05, 3.63) is 65.7 Å². The second-order valence-corrected chi connectivity index (χ2v) is 7.02. The first-order valence-electron chi connectivity index (χ1n) is 8.97. The summed E-state index contributed by atoms with van der Waals surface area (Å²) in [4.78, 5) is 35.9. The van der Waals surface area contributed by atoms with Crippen LogP contribution >= 0.6 is 0 Å². The van der Waals surface area contributed by atoms with Gasteiger partial charge >= 0.3 is 12.0 Å². The fraction of sp³-hybridized carbons (Fsp3) is 0.286. The van der Waals surface area contributed by atoms with Crippen molar-refractivity contribution in [3.8, 4) is 0 Å². The minimum Gasteiger partial charge on any atom is -0.481 e. The Hall–Kier alpha value is -3.35. The van der Waals surface area contributed by atoms with Crippen LogP contribution in [-0.4, -0.2) is 35.6 Å². The summed E-state index contributed by atoms with van der Waals surface area (Å²) in [5.74, 6) is -1.41. The zero-order chi connectivity index (χ0) is 20.7. The molecule has 2 rings (SSSR count). The molecule has 0 aliphatic heterocycles. The number of carboxylic acids is 1. The molecule has 0 aliphatic rings. The summed E-state index contributed by atoms with van der Waals surface area (Å²) in [5.41, 5.74) is 0.288. The average molecular weight is 383 g/mol. The minimum absolute atomic E-state index is 0.0122. The van der Waals surface area contributed by atoms with E-state index >= 15 is 0 Å². The second-order valence-electron chi connectivity index (χ2n) is 7.02. The number of carboxylic acid groups (broad SMARTS) is 1. The van der Waals surface area contributed by atoms with Crippen LogP contribution in [0.15, 0.2) is 54.6 Å². The number of benzene rings is 2. The van der Waals surface area contributed by atoms with Crippen LogP contribution in [0.3, 0.4) is 0 Å². The van der Waals surface area contributed by atoms with Crippen molar-refractivity contribution in [3.63, 3.8) is 0 Å². The van der Waals surface area contributed by atoms with Gasteiger partial charge in [-0.15, -0.1) is 0 Å². The SMILES string of the molecule is CC(C)NC(=O)Nc1ccc(C(=O)NCC(C)(C(=O)O)c2ccccc2)cc1. The highest BCUT2D eigenvalue weighted by Crippen LogP contribution is 2.23. The first-order valence-corrected chi connectivity index (χ1v) is 8.97. The summed E-state index contributed by atoms with van der Waals surface area (Å²) in [6, 6.07) is 14.8. The Morgan fingerprint density at radius 2 is 1.61 bits per heavy atom. The standard InChI is InChI=1S/C21H25N3O4/c1-14(2)23-20(28)24-17-11-9-15(10-12-17)18(25)22-13-21(3,19(26)27)16-7-5-4-6-8-16/h4-12,14H,13H2,1-3H3,(H,22,25)(H,26,27)(H2,23,24,28). The van der Waals surface area contributed by atoms with Gasteiger partial charge in [-0.3, -0.25) is 9.59 Å².